The number of halogens is 1. The number of morpholine rings is 1. The molecule has 31 heavy (non-hydrogen) atoms. The molecule has 0 saturated carbocycles. The Bertz CT molecular complexity index is 969. The third-order valence-electron chi connectivity index (χ3n) is 5.55. The predicted molar refractivity (Wildman–Crippen MR) is 123 cm³/mol. The van der Waals surface area contributed by atoms with Crippen LogP contribution in [0.1, 0.15) is 19.4 Å². The Morgan fingerprint density at radius 2 is 2.00 bits per heavy atom. The summed E-state index contributed by atoms with van der Waals surface area (Å²) in [6.45, 7) is 6.99. The Kier molecular flexibility index (Phi) is 6.61. The highest BCUT2D eigenvalue weighted by Gasteiger charge is 2.32. The zero-order valence-electron chi connectivity index (χ0n) is 17.6. The van der Waals surface area contributed by atoms with Crippen molar-refractivity contribution in [3.05, 3.63) is 22.8 Å². The summed E-state index contributed by atoms with van der Waals surface area (Å²) in [7, 11) is -1.02. The summed E-state index contributed by atoms with van der Waals surface area (Å²) in [5, 5.41) is 0.227. The van der Waals surface area contributed by atoms with Crippen molar-refractivity contribution in [3.8, 4) is 11.4 Å². The largest absolute Gasteiger partial charge is 0.384 e. The lowest BCUT2D eigenvalue weighted by molar-refractivity contribution is 0.0432. The molecule has 11 heteroatoms. The first kappa shape index (κ1) is 22.2. The van der Waals surface area contributed by atoms with Crippen LogP contribution in [0.3, 0.4) is 0 Å². The van der Waals surface area contributed by atoms with Crippen molar-refractivity contribution in [2.24, 2.45) is 0 Å². The maximum atomic E-state index is 12.8. The molecule has 2 saturated heterocycles. The fraction of sp³-hybridized carbons (Fsp3) is 0.550. The van der Waals surface area contributed by atoms with Crippen molar-refractivity contribution in [3.63, 3.8) is 0 Å². The van der Waals surface area contributed by atoms with Crippen LogP contribution in [0.2, 0.25) is 5.15 Å². The van der Waals surface area contributed by atoms with E-state index < -0.39 is 10.8 Å². The molecule has 2 aliphatic rings. The van der Waals surface area contributed by atoms with Crippen LogP contribution < -0.4 is 16.4 Å². The Labute approximate surface area is 188 Å². The number of ether oxygens (including phenoxy) is 2. The van der Waals surface area contributed by atoms with Crippen LogP contribution in [0, 0.1) is 0 Å². The smallest absolute Gasteiger partial charge is 0.164 e. The SMILES string of the molecule is C[C@@H]1COCCN1c1nc(-c2cc(N)nc(Cl)c2)nc(N)c1C[C@H](C)S(=O)C1COC1. The second-order valence-corrected chi connectivity index (χ2v) is 10.5. The zero-order chi connectivity index (χ0) is 22.1. The first-order valence-corrected chi connectivity index (χ1v) is 11.9. The summed E-state index contributed by atoms with van der Waals surface area (Å²) in [6, 6.07) is 3.44. The number of anilines is 3. The average Bonchev–Trinajstić information content (AvgIpc) is 2.67. The molecule has 4 N–H and O–H groups in total. The third kappa shape index (κ3) is 4.77. The molecule has 0 amide bonds. The van der Waals surface area contributed by atoms with Crippen LogP contribution in [0.5, 0.6) is 0 Å². The van der Waals surface area contributed by atoms with Crippen LogP contribution in [-0.4, -0.2) is 68.7 Å². The van der Waals surface area contributed by atoms with Gasteiger partial charge in [-0.05, 0) is 25.5 Å². The molecule has 0 aliphatic carbocycles. The van der Waals surface area contributed by atoms with Crippen LogP contribution in [0.15, 0.2) is 12.1 Å². The first-order valence-electron chi connectivity index (χ1n) is 10.2. The van der Waals surface area contributed by atoms with E-state index in [1.54, 1.807) is 12.1 Å². The lowest BCUT2D eigenvalue weighted by Gasteiger charge is -2.36. The molecular formula is C20H27ClN6O3S. The van der Waals surface area contributed by atoms with E-state index in [0.29, 0.717) is 56.6 Å². The minimum Gasteiger partial charge on any atom is -0.384 e. The molecule has 4 rings (SSSR count). The van der Waals surface area contributed by atoms with Gasteiger partial charge in [-0.15, -0.1) is 0 Å². The van der Waals surface area contributed by atoms with E-state index in [1.165, 1.54) is 0 Å². The van der Waals surface area contributed by atoms with Crippen LogP contribution >= 0.6 is 11.6 Å². The van der Waals surface area contributed by atoms with E-state index in [-0.39, 0.29) is 27.5 Å². The standard InChI is InChI=1S/C20H27ClN6O3S/c1-11-8-29-4-3-27(11)20-15(5-12(2)31(28)14-9-30-10-14)18(23)25-19(26-20)13-6-16(21)24-17(22)7-13/h6-7,11-12,14H,3-5,8-10H2,1-2H3,(H2,22,24)(H2,23,25,26)/t11-,12+,31?/m1/s1. The van der Waals surface area contributed by atoms with E-state index in [4.69, 9.17) is 37.5 Å². The van der Waals surface area contributed by atoms with Crippen molar-refractivity contribution in [1.29, 1.82) is 0 Å². The molecule has 0 bridgehead atoms. The number of pyridine rings is 1. The van der Waals surface area contributed by atoms with Crippen LogP contribution in [-0.2, 0) is 26.7 Å². The van der Waals surface area contributed by atoms with Crippen molar-refractivity contribution in [1.82, 2.24) is 15.0 Å². The highest BCUT2D eigenvalue weighted by molar-refractivity contribution is 7.86. The van der Waals surface area contributed by atoms with Gasteiger partial charge in [0.2, 0.25) is 0 Å². The van der Waals surface area contributed by atoms with Crippen molar-refractivity contribution < 1.29 is 13.7 Å². The van der Waals surface area contributed by atoms with Gasteiger partial charge < -0.3 is 25.8 Å². The summed E-state index contributed by atoms with van der Waals surface area (Å²) < 4.78 is 23.6. The topological polar surface area (TPSA) is 129 Å². The van der Waals surface area contributed by atoms with Gasteiger partial charge in [-0.2, -0.15) is 0 Å². The van der Waals surface area contributed by atoms with Crippen molar-refractivity contribution >= 4 is 39.9 Å². The van der Waals surface area contributed by atoms with Crippen LogP contribution in [0.25, 0.3) is 11.4 Å². The molecule has 2 aliphatic heterocycles. The molecule has 2 aromatic heterocycles. The van der Waals surface area contributed by atoms with E-state index in [1.807, 2.05) is 6.92 Å². The minimum atomic E-state index is -1.02. The molecule has 2 fully saturated rings. The number of hydrogen-bond acceptors (Lipinski definition) is 9. The Balaban J connectivity index is 1.74. The quantitative estimate of drug-likeness (QED) is 0.610. The zero-order valence-corrected chi connectivity index (χ0v) is 19.2. The Morgan fingerprint density at radius 3 is 2.65 bits per heavy atom. The number of nitrogen functional groups attached to an aromatic ring is 2. The van der Waals surface area contributed by atoms with Gasteiger partial charge in [-0.25, -0.2) is 15.0 Å². The Hall–Kier alpha value is -2.01. The van der Waals surface area contributed by atoms with Gasteiger partial charge in [0.25, 0.3) is 0 Å². The van der Waals surface area contributed by atoms with E-state index >= 15 is 0 Å². The van der Waals surface area contributed by atoms with Gasteiger partial charge in [-0.1, -0.05) is 18.5 Å². The normalized spacial score (nSPS) is 21.5. The summed E-state index contributed by atoms with van der Waals surface area (Å²) in [5.74, 6) is 1.80. The van der Waals surface area contributed by atoms with Gasteiger partial charge >= 0.3 is 0 Å². The lowest BCUT2D eigenvalue weighted by atomic mass is 10.1. The average molecular weight is 467 g/mol. The van der Waals surface area contributed by atoms with E-state index in [9.17, 15) is 4.21 Å². The second-order valence-electron chi connectivity index (χ2n) is 7.96. The molecule has 0 spiro atoms. The molecule has 0 radical (unpaired) electrons. The number of nitrogens with two attached hydrogens (primary N) is 2. The first-order chi connectivity index (χ1) is 14.8. The maximum Gasteiger partial charge on any atom is 0.164 e. The molecular weight excluding hydrogens is 440 g/mol. The van der Waals surface area contributed by atoms with Crippen molar-refractivity contribution in [2.75, 3.05) is 49.3 Å². The number of nitrogens with zero attached hydrogens (tertiary/aromatic N) is 4. The highest BCUT2D eigenvalue weighted by atomic mass is 35.5. The maximum absolute atomic E-state index is 12.8. The molecule has 168 valence electrons. The lowest BCUT2D eigenvalue weighted by Crippen LogP contribution is -2.45. The molecule has 4 heterocycles. The van der Waals surface area contributed by atoms with E-state index in [0.717, 1.165) is 11.4 Å². The van der Waals surface area contributed by atoms with Gasteiger partial charge in [-0.3, -0.25) is 4.21 Å². The summed E-state index contributed by atoms with van der Waals surface area (Å²) in [4.78, 5) is 15.6. The number of hydrogen-bond donors (Lipinski definition) is 2. The van der Waals surface area contributed by atoms with Gasteiger partial charge in [0.05, 0.1) is 37.7 Å². The summed E-state index contributed by atoms with van der Waals surface area (Å²) in [6.07, 6.45) is 0.508. The highest BCUT2D eigenvalue weighted by Crippen LogP contribution is 2.32. The number of rotatable bonds is 6. The molecule has 2 aromatic rings. The van der Waals surface area contributed by atoms with Crippen molar-refractivity contribution in [2.45, 2.75) is 36.8 Å². The number of aromatic nitrogens is 3. The third-order valence-corrected chi connectivity index (χ3v) is 7.64. The monoisotopic (exact) mass is 466 g/mol. The Morgan fingerprint density at radius 1 is 1.23 bits per heavy atom. The second kappa shape index (κ2) is 9.23. The van der Waals surface area contributed by atoms with Gasteiger partial charge in [0.15, 0.2) is 5.82 Å². The van der Waals surface area contributed by atoms with Gasteiger partial charge in [0.1, 0.15) is 22.6 Å². The minimum absolute atomic E-state index is 0.0733. The molecule has 1 unspecified atom stereocenters. The molecule has 0 aromatic carbocycles. The predicted octanol–water partition coefficient (Wildman–Crippen LogP) is 1.66. The fourth-order valence-corrected chi connectivity index (χ4v) is 5.45. The summed E-state index contributed by atoms with van der Waals surface area (Å²) in [5.41, 5.74) is 13.7. The van der Waals surface area contributed by atoms with Crippen LogP contribution in [0.4, 0.5) is 17.5 Å². The molecule has 3 atom stereocenters. The summed E-state index contributed by atoms with van der Waals surface area (Å²) >= 11 is 6.09. The van der Waals surface area contributed by atoms with Gasteiger partial charge in [0, 0.05) is 33.7 Å². The molecule has 9 nitrogen and oxygen atoms in total. The fourth-order valence-electron chi connectivity index (χ4n) is 3.79. The van der Waals surface area contributed by atoms with E-state index in [2.05, 4.69) is 21.8 Å².